The number of benzene rings is 1. The molecule has 0 bridgehead atoms. The highest BCUT2D eigenvalue weighted by molar-refractivity contribution is 9.09. The van der Waals surface area contributed by atoms with Gasteiger partial charge in [-0.2, -0.15) is 0 Å². The van der Waals surface area contributed by atoms with Crippen LogP contribution in [0.4, 0.5) is 0 Å². The van der Waals surface area contributed by atoms with E-state index in [1.807, 2.05) is 18.2 Å². The molecule has 0 atom stereocenters. The van der Waals surface area contributed by atoms with Crippen molar-refractivity contribution in [2.75, 3.05) is 5.33 Å². The maximum absolute atomic E-state index is 4.73. The van der Waals surface area contributed by atoms with E-state index in [1.54, 1.807) is 0 Å². The normalized spacial score (nSPS) is 7.36. The minimum absolute atomic E-state index is 0.660. The first kappa shape index (κ1) is 10.3. The molecule has 0 aliphatic rings. The second-order valence-corrected chi connectivity index (χ2v) is 2.55. The highest BCUT2D eigenvalue weighted by Gasteiger charge is 1.72. The van der Waals surface area contributed by atoms with Crippen LogP contribution in [0.15, 0.2) is 30.3 Å². The van der Waals surface area contributed by atoms with Crippen molar-refractivity contribution in [3.8, 4) is 12.3 Å². The van der Waals surface area contributed by atoms with Gasteiger partial charge in [-0.1, -0.05) is 57.7 Å². The average molecular weight is 211 g/mol. The lowest BCUT2D eigenvalue weighted by molar-refractivity contribution is 1.48. The van der Waals surface area contributed by atoms with Gasteiger partial charge in [0, 0.05) is 0 Å². The summed E-state index contributed by atoms with van der Waals surface area (Å²) in [4.78, 5) is 0. The molecule has 0 amide bonds. The van der Waals surface area contributed by atoms with Gasteiger partial charge >= 0.3 is 0 Å². The van der Waals surface area contributed by atoms with E-state index >= 15 is 0 Å². The van der Waals surface area contributed by atoms with Crippen molar-refractivity contribution < 1.29 is 0 Å². The standard InChI is InChI=1S/C7H8.C3H3Br/c1-7-5-3-2-4-6-7;1-2-3-4/h2-6H,1H3;1H,3H2. The molecule has 0 fully saturated rings. The van der Waals surface area contributed by atoms with E-state index in [0.717, 1.165) is 0 Å². The molecular weight excluding hydrogens is 200 g/mol. The number of rotatable bonds is 0. The summed E-state index contributed by atoms with van der Waals surface area (Å²) in [5.74, 6) is 2.35. The second kappa shape index (κ2) is 7.37. The zero-order chi connectivity index (χ0) is 8.53. The fourth-order valence-electron chi connectivity index (χ4n) is 0.534. The second-order valence-electron chi connectivity index (χ2n) is 1.99. The fraction of sp³-hybridized carbons (Fsp3) is 0.200. The zero-order valence-corrected chi connectivity index (χ0v) is 8.14. The zero-order valence-electron chi connectivity index (χ0n) is 6.55. The third-order valence-corrected chi connectivity index (χ3v) is 1.34. The first-order chi connectivity index (χ1) is 5.31. The lowest BCUT2D eigenvalue weighted by Crippen LogP contribution is -1.62. The molecule has 0 aliphatic carbocycles. The third-order valence-electron chi connectivity index (χ3n) is 1.02. The molecule has 1 heteroatoms. The van der Waals surface area contributed by atoms with Gasteiger partial charge in [0.15, 0.2) is 0 Å². The van der Waals surface area contributed by atoms with Crippen LogP contribution in [0.25, 0.3) is 0 Å². The van der Waals surface area contributed by atoms with Gasteiger partial charge in [0.2, 0.25) is 0 Å². The molecule has 1 aromatic rings. The molecule has 11 heavy (non-hydrogen) atoms. The Morgan fingerprint density at radius 3 is 2.00 bits per heavy atom. The summed E-state index contributed by atoms with van der Waals surface area (Å²) in [7, 11) is 0. The molecule has 0 heterocycles. The SMILES string of the molecule is C#CCBr.Cc1ccccc1. The third kappa shape index (κ3) is 7.15. The molecule has 0 saturated carbocycles. The molecule has 1 rings (SSSR count). The highest BCUT2D eigenvalue weighted by Crippen LogP contribution is 1.92. The lowest BCUT2D eigenvalue weighted by Gasteiger charge is -1.82. The Morgan fingerprint density at radius 1 is 1.36 bits per heavy atom. The van der Waals surface area contributed by atoms with Crippen LogP contribution >= 0.6 is 15.9 Å². The van der Waals surface area contributed by atoms with Gasteiger partial charge in [-0.25, -0.2) is 0 Å². The summed E-state index contributed by atoms with van der Waals surface area (Å²) < 4.78 is 0. The summed E-state index contributed by atoms with van der Waals surface area (Å²) >= 11 is 3.01. The van der Waals surface area contributed by atoms with Crippen molar-refractivity contribution in [3.63, 3.8) is 0 Å². The Hall–Kier alpha value is -0.740. The molecular formula is C10H11Br. The molecule has 0 N–H and O–H groups in total. The van der Waals surface area contributed by atoms with Crippen molar-refractivity contribution in [1.29, 1.82) is 0 Å². The van der Waals surface area contributed by atoms with E-state index in [-0.39, 0.29) is 0 Å². The molecule has 1 aromatic carbocycles. The van der Waals surface area contributed by atoms with Gasteiger partial charge < -0.3 is 0 Å². The largest absolute Gasteiger partial charge is 0.119 e. The minimum atomic E-state index is 0.660. The molecule has 0 unspecified atom stereocenters. The molecule has 0 saturated heterocycles. The van der Waals surface area contributed by atoms with Crippen molar-refractivity contribution in [3.05, 3.63) is 35.9 Å². The number of terminal acetylenes is 1. The van der Waals surface area contributed by atoms with Crippen molar-refractivity contribution in [1.82, 2.24) is 0 Å². The van der Waals surface area contributed by atoms with Crippen LogP contribution in [0.5, 0.6) is 0 Å². The van der Waals surface area contributed by atoms with Crippen LogP contribution in [-0.2, 0) is 0 Å². The molecule has 0 spiro atoms. The molecule has 0 nitrogen and oxygen atoms in total. The topological polar surface area (TPSA) is 0 Å². The number of hydrogen-bond acceptors (Lipinski definition) is 0. The Morgan fingerprint density at radius 2 is 1.82 bits per heavy atom. The predicted molar refractivity (Wildman–Crippen MR) is 53.8 cm³/mol. The molecule has 58 valence electrons. The molecule has 0 aromatic heterocycles. The number of halogens is 1. The smallest absolute Gasteiger partial charge is 0.0642 e. The monoisotopic (exact) mass is 210 g/mol. The highest BCUT2D eigenvalue weighted by atomic mass is 79.9. The summed E-state index contributed by atoms with van der Waals surface area (Å²) in [5.41, 5.74) is 1.32. The van der Waals surface area contributed by atoms with Crippen LogP contribution in [0.3, 0.4) is 0 Å². The lowest BCUT2D eigenvalue weighted by atomic mass is 10.2. The number of hydrogen-bond donors (Lipinski definition) is 0. The van der Waals surface area contributed by atoms with E-state index in [4.69, 9.17) is 6.42 Å². The predicted octanol–water partition coefficient (Wildman–Crippen LogP) is 3.01. The summed E-state index contributed by atoms with van der Waals surface area (Å²) in [6.07, 6.45) is 4.73. The Kier molecular flexibility index (Phi) is 6.87. The van der Waals surface area contributed by atoms with Crippen LogP contribution in [0.2, 0.25) is 0 Å². The van der Waals surface area contributed by atoms with Gasteiger partial charge in [-0.15, -0.1) is 6.42 Å². The van der Waals surface area contributed by atoms with E-state index in [9.17, 15) is 0 Å². The van der Waals surface area contributed by atoms with Gasteiger partial charge in [-0.05, 0) is 6.92 Å². The average Bonchev–Trinajstić information content (AvgIpc) is 2.07. The van der Waals surface area contributed by atoms with E-state index in [0.29, 0.717) is 5.33 Å². The fourth-order valence-corrected chi connectivity index (χ4v) is 0.534. The van der Waals surface area contributed by atoms with Crippen LogP contribution < -0.4 is 0 Å². The van der Waals surface area contributed by atoms with Gasteiger partial charge in [0.25, 0.3) is 0 Å². The van der Waals surface area contributed by atoms with Crippen LogP contribution in [0.1, 0.15) is 5.56 Å². The quantitative estimate of drug-likeness (QED) is 0.457. The van der Waals surface area contributed by atoms with E-state index in [2.05, 4.69) is 40.9 Å². The number of aryl methyl sites for hydroxylation is 1. The van der Waals surface area contributed by atoms with E-state index < -0.39 is 0 Å². The minimum Gasteiger partial charge on any atom is -0.119 e. The van der Waals surface area contributed by atoms with Crippen molar-refractivity contribution >= 4 is 15.9 Å². The maximum atomic E-state index is 4.73. The van der Waals surface area contributed by atoms with Crippen molar-refractivity contribution in [2.24, 2.45) is 0 Å². The maximum Gasteiger partial charge on any atom is 0.0642 e. The number of alkyl halides is 1. The van der Waals surface area contributed by atoms with Gasteiger partial charge in [0.05, 0.1) is 5.33 Å². The Balaban J connectivity index is 0.000000218. The van der Waals surface area contributed by atoms with Gasteiger partial charge in [0.1, 0.15) is 0 Å². The molecule has 0 aliphatic heterocycles. The summed E-state index contributed by atoms with van der Waals surface area (Å²) in [6, 6.07) is 10.3. The Labute approximate surface area is 76.8 Å². The van der Waals surface area contributed by atoms with Crippen LogP contribution in [0, 0.1) is 19.3 Å². The van der Waals surface area contributed by atoms with E-state index in [1.165, 1.54) is 5.56 Å². The summed E-state index contributed by atoms with van der Waals surface area (Å²) in [6.45, 7) is 2.08. The van der Waals surface area contributed by atoms with Gasteiger partial charge in [-0.3, -0.25) is 0 Å². The summed E-state index contributed by atoms with van der Waals surface area (Å²) in [5, 5.41) is 0.660. The first-order valence-electron chi connectivity index (χ1n) is 3.32. The first-order valence-corrected chi connectivity index (χ1v) is 4.44. The van der Waals surface area contributed by atoms with Crippen molar-refractivity contribution in [2.45, 2.75) is 6.92 Å². The Bertz CT molecular complexity index is 208. The molecule has 0 radical (unpaired) electrons. The van der Waals surface area contributed by atoms with Crippen LogP contribution in [-0.4, -0.2) is 5.33 Å².